The van der Waals surface area contributed by atoms with E-state index in [1.165, 1.54) is 12.1 Å². The summed E-state index contributed by atoms with van der Waals surface area (Å²) in [6, 6.07) is 11.8. The molecule has 0 radical (unpaired) electrons. The second kappa shape index (κ2) is 6.77. The fourth-order valence-corrected chi connectivity index (χ4v) is 3.75. The Labute approximate surface area is 150 Å². The molecule has 138 valence electrons. The van der Waals surface area contributed by atoms with Crippen LogP contribution in [0.5, 0.6) is 0 Å². The number of hydrogen-bond donors (Lipinski definition) is 1. The van der Waals surface area contributed by atoms with Crippen LogP contribution in [0.4, 0.5) is 24.5 Å². The van der Waals surface area contributed by atoms with Crippen molar-refractivity contribution in [3.63, 3.8) is 0 Å². The van der Waals surface area contributed by atoms with Gasteiger partial charge in [0.1, 0.15) is 0 Å². The summed E-state index contributed by atoms with van der Waals surface area (Å²) in [5.74, 6) is 0. The minimum Gasteiger partial charge on any atom is -0.340 e. The SMILES string of the molecule is C=CS(=O)(=O)NC1Cc2ccccc2N(c2ccc(C(F)(F)F)cc2)C1. The molecule has 1 aliphatic rings. The fraction of sp³-hybridized carbons (Fsp3) is 0.222. The highest BCUT2D eigenvalue weighted by atomic mass is 32.2. The molecular weight excluding hydrogens is 365 g/mol. The maximum Gasteiger partial charge on any atom is 0.416 e. The summed E-state index contributed by atoms with van der Waals surface area (Å²) in [5.41, 5.74) is 1.60. The lowest BCUT2D eigenvalue weighted by Gasteiger charge is -2.36. The summed E-state index contributed by atoms with van der Waals surface area (Å²) in [6.07, 6.45) is -3.92. The molecule has 1 atom stereocenters. The normalized spacial score (nSPS) is 17.7. The lowest BCUT2D eigenvalue weighted by Crippen LogP contribution is -2.46. The molecule has 0 aliphatic carbocycles. The van der Waals surface area contributed by atoms with Crippen molar-refractivity contribution < 1.29 is 21.6 Å². The molecule has 0 aromatic heterocycles. The molecule has 0 spiro atoms. The molecule has 2 aromatic rings. The number of alkyl halides is 3. The molecule has 0 amide bonds. The highest BCUT2D eigenvalue weighted by Crippen LogP contribution is 2.36. The topological polar surface area (TPSA) is 49.4 Å². The zero-order valence-electron chi connectivity index (χ0n) is 13.7. The van der Waals surface area contributed by atoms with E-state index in [0.29, 0.717) is 18.7 Å². The Hall–Kier alpha value is -2.32. The fourth-order valence-electron chi connectivity index (χ4n) is 3.03. The number of anilines is 2. The van der Waals surface area contributed by atoms with Crippen LogP contribution in [-0.4, -0.2) is 21.0 Å². The first-order valence-electron chi connectivity index (χ1n) is 7.87. The van der Waals surface area contributed by atoms with Gasteiger partial charge in [-0.2, -0.15) is 13.2 Å². The first-order chi connectivity index (χ1) is 12.2. The predicted molar refractivity (Wildman–Crippen MR) is 94.6 cm³/mol. The van der Waals surface area contributed by atoms with Gasteiger partial charge in [0.15, 0.2) is 0 Å². The van der Waals surface area contributed by atoms with E-state index in [9.17, 15) is 21.6 Å². The minimum atomic E-state index is -4.40. The third-order valence-corrected chi connectivity index (χ3v) is 5.31. The van der Waals surface area contributed by atoms with Gasteiger partial charge in [0.25, 0.3) is 0 Å². The van der Waals surface area contributed by atoms with Crippen LogP contribution in [-0.2, 0) is 22.6 Å². The third kappa shape index (κ3) is 3.91. The molecule has 1 unspecified atom stereocenters. The summed E-state index contributed by atoms with van der Waals surface area (Å²) in [5, 5.41) is 0.843. The van der Waals surface area contributed by atoms with Crippen molar-refractivity contribution in [3.8, 4) is 0 Å². The van der Waals surface area contributed by atoms with E-state index < -0.39 is 27.8 Å². The van der Waals surface area contributed by atoms with E-state index in [-0.39, 0.29) is 0 Å². The van der Waals surface area contributed by atoms with Crippen molar-refractivity contribution in [2.24, 2.45) is 0 Å². The average Bonchev–Trinajstić information content (AvgIpc) is 2.60. The maximum absolute atomic E-state index is 12.8. The highest BCUT2D eigenvalue weighted by Gasteiger charge is 2.31. The smallest absolute Gasteiger partial charge is 0.340 e. The van der Waals surface area contributed by atoms with Crippen LogP contribution in [0.25, 0.3) is 0 Å². The van der Waals surface area contributed by atoms with Crippen molar-refractivity contribution in [1.82, 2.24) is 4.72 Å². The molecule has 4 nitrogen and oxygen atoms in total. The Balaban J connectivity index is 1.95. The van der Waals surface area contributed by atoms with Gasteiger partial charge in [0, 0.05) is 29.4 Å². The molecule has 2 aromatic carbocycles. The molecule has 3 rings (SSSR count). The molecule has 0 fully saturated rings. The van der Waals surface area contributed by atoms with E-state index in [2.05, 4.69) is 11.3 Å². The van der Waals surface area contributed by atoms with Gasteiger partial charge in [-0.25, -0.2) is 13.1 Å². The lowest BCUT2D eigenvalue weighted by molar-refractivity contribution is -0.137. The van der Waals surface area contributed by atoms with Crippen LogP contribution in [0.1, 0.15) is 11.1 Å². The van der Waals surface area contributed by atoms with Crippen LogP contribution < -0.4 is 9.62 Å². The lowest BCUT2D eigenvalue weighted by atomic mass is 9.97. The Bertz CT molecular complexity index is 909. The number of fused-ring (bicyclic) bond motifs is 1. The Kier molecular flexibility index (Phi) is 4.81. The molecular formula is C18H17F3N2O2S. The van der Waals surface area contributed by atoms with Gasteiger partial charge in [-0.15, -0.1) is 0 Å². The average molecular weight is 382 g/mol. The molecule has 26 heavy (non-hydrogen) atoms. The van der Waals surface area contributed by atoms with Gasteiger partial charge in [-0.1, -0.05) is 24.8 Å². The van der Waals surface area contributed by atoms with Gasteiger partial charge in [0.05, 0.1) is 5.56 Å². The summed E-state index contributed by atoms with van der Waals surface area (Å²) >= 11 is 0. The van der Waals surface area contributed by atoms with Crippen LogP contribution in [0.3, 0.4) is 0 Å². The Morgan fingerprint density at radius 1 is 1.12 bits per heavy atom. The molecule has 1 aliphatic heterocycles. The first kappa shape index (κ1) is 18.5. The summed E-state index contributed by atoms with van der Waals surface area (Å²) < 4.78 is 64.5. The molecule has 1 heterocycles. The zero-order chi connectivity index (χ0) is 18.9. The van der Waals surface area contributed by atoms with Crippen LogP contribution in [0, 0.1) is 0 Å². The first-order valence-corrected chi connectivity index (χ1v) is 9.42. The number of halogens is 3. The van der Waals surface area contributed by atoms with E-state index in [1.807, 2.05) is 29.2 Å². The number of benzene rings is 2. The Morgan fingerprint density at radius 3 is 2.38 bits per heavy atom. The van der Waals surface area contributed by atoms with Gasteiger partial charge in [-0.05, 0) is 42.3 Å². The van der Waals surface area contributed by atoms with E-state index >= 15 is 0 Å². The molecule has 0 saturated heterocycles. The largest absolute Gasteiger partial charge is 0.416 e. The number of nitrogens with one attached hydrogen (secondary N) is 1. The van der Waals surface area contributed by atoms with E-state index in [1.54, 1.807) is 0 Å². The Morgan fingerprint density at radius 2 is 1.77 bits per heavy atom. The minimum absolute atomic E-state index is 0.301. The molecule has 8 heteroatoms. The van der Waals surface area contributed by atoms with Crippen molar-refractivity contribution >= 4 is 21.4 Å². The monoisotopic (exact) mass is 382 g/mol. The summed E-state index contributed by atoms with van der Waals surface area (Å²) in [4.78, 5) is 1.81. The van der Waals surface area contributed by atoms with Gasteiger partial charge < -0.3 is 4.90 Å². The van der Waals surface area contributed by atoms with Crippen molar-refractivity contribution in [2.75, 3.05) is 11.4 Å². The van der Waals surface area contributed by atoms with Gasteiger partial charge in [0.2, 0.25) is 10.0 Å². The van der Waals surface area contributed by atoms with Crippen LogP contribution in [0.2, 0.25) is 0 Å². The second-order valence-electron chi connectivity index (χ2n) is 6.01. The molecule has 0 bridgehead atoms. The zero-order valence-corrected chi connectivity index (χ0v) is 14.5. The summed E-state index contributed by atoms with van der Waals surface area (Å²) in [7, 11) is -3.61. The van der Waals surface area contributed by atoms with Crippen molar-refractivity contribution in [1.29, 1.82) is 0 Å². The quantitative estimate of drug-likeness (QED) is 0.874. The maximum atomic E-state index is 12.8. The summed E-state index contributed by atoms with van der Waals surface area (Å²) in [6.45, 7) is 3.58. The van der Waals surface area contributed by atoms with Crippen LogP contribution in [0.15, 0.2) is 60.5 Å². The van der Waals surface area contributed by atoms with Crippen molar-refractivity contribution in [2.45, 2.75) is 18.6 Å². The standard InChI is InChI=1S/C18H17F3N2O2S/c1-2-26(24,25)22-15-11-13-5-3-4-6-17(13)23(12-15)16-9-7-14(8-10-16)18(19,20)21/h2-10,15,22H,1,11-12H2. The predicted octanol–water partition coefficient (Wildman–Crippen LogP) is 3.83. The highest BCUT2D eigenvalue weighted by molar-refractivity contribution is 7.92. The molecule has 0 saturated carbocycles. The third-order valence-electron chi connectivity index (χ3n) is 4.21. The van der Waals surface area contributed by atoms with Crippen LogP contribution >= 0.6 is 0 Å². The number of para-hydroxylation sites is 1. The number of hydrogen-bond acceptors (Lipinski definition) is 3. The van der Waals surface area contributed by atoms with Crippen molar-refractivity contribution in [3.05, 3.63) is 71.6 Å². The second-order valence-corrected chi connectivity index (χ2v) is 7.67. The number of sulfonamides is 1. The molecule has 1 N–H and O–H groups in total. The van der Waals surface area contributed by atoms with E-state index in [4.69, 9.17) is 0 Å². The number of nitrogens with zero attached hydrogens (tertiary/aromatic N) is 1. The number of rotatable bonds is 4. The van der Waals surface area contributed by atoms with E-state index in [0.717, 1.165) is 28.8 Å². The van der Waals surface area contributed by atoms with Gasteiger partial charge >= 0.3 is 6.18 Å². The van der Waals surface area contributed by atoms with Gasteiger partial charge in [-0.3, -0.25) is 0 Å².